The van der Waals surface area contributed by atoms with Gasteiger partial charge in [-0.1, -0.05) is 17.3 Å². The first-order valence-corrected chi connectivity index (χ1v) is 5.76. The van der Waals surface area contributed by atoms with Crippen LogP contribution < -0.4 is 5.32 Å². The molecule has 0 aliphatic rings. The summed E-state index contributed by atoms with van der Waals surface area (Å²) in [6.45, 7) is 1.67. The number of rotatable bonds is 3. The molecule has 0 saturated heterocycles. The average molecular weight is 284 g/mol. The third kappa shape index (κ3) is 3.17. The van der Waals surface area contributed by atoms with Crippen molar-refractivity contribution in [2.75, 3.05) is 0 Å². The highest BCUT2D eigenvalue weighted by Crippen LogP contribution is 2.29. The van der Waals surface area contributed by atoms with Crippen molar-refractivity contribution in [1.29, 1.82) is 0 Å². The van der Waals surface area contributed by atoms with Crippen molar-refractivity contribution < 1.29 is 22.5 Å². The van der Waals surface area contributed by atoms with Crippen molar-refractivity contribution in [2.45, 2.75) is 19.1 Å². The molecule has 7 heteroatoms. The van der Waals surface area contributed by atoms with E-state index < -0.39 is 23.7 Å². The van der Waals surface area contributed by atoms with Crippen molar-refractivity contribution in [3.05, 3.63) is 53.4 Å². The number of hydrogen-bond acceptors (Lipinski definition) is 3. The van der Waals surface area contributed by atoms with Crippen molar-refractivity contribution in [2.24, 2.45) is 0 Å². The molecule has 0 unspecified atom stereocenters. The monoisotopic (exact) mass is 284 g/mol. The Bertz CT molecular complexity index is 577. The fourth-order valence-electron chi connectivity index (χ4n) is 1.64. The Balaban J connectivity index is 2.06. The van der Waals surface area contributed by atoms with E-state index in [1.165, 1.54) is 24.5 Å². The van der Waals surface area contributed by atoms with Gasteiger partial charge in [0.2, 0.25) is 0 Å². The van der Waals surface area contributed by atoms with E-state index in [1.807, 2.05) is 0 Å². The van der Waals surface area contributed by atoms with Crippen LogP contribution in [0, 0.1) is 0 Å². The number of alkyl halides is 3. The summed E-state index contributed by atoms with van der Waals surface area (Å²) in [5.74, 6) is -0.453. The third-order valence-electron chi connectivity index (χ3n) is 2.76. The molecule has 0 bridgehead atoms. The van der Waals surface area contributed by atoms with Gasteiger partial charge in [-0.3, -0.25) is 4.79 Å². The normalized spacial score (nSPS) is 13.0. The molecule has 1 atom stereocenters. The molecule has 1 heterocycles. The highest BCUT2D eigenvalue weighted by Gasteiger charge is 2.30. The van der Waals surface area contributed by atoms with Gasteiger partial charge in [-0.05, 0) is 24.6 Å². The highest BCUT2D eigenvalue weighted by molar-refractivity contribution is 5.92. The number of halogens is 3. The van der Waals surface area contributed by atoms with Crippen LogP contribution in [0.4, 0.5) is 13.2 Å². The molecule has 2 aromatic rings. The molecule has 2 rings (SSSR count). The first-order valence-electron chi connectivity index (χ1n) is 5.76. The summed E-state index contributed by atoms with van der Waals surface area (Å²) in [7, 11) is 0. The summed E-state index contributed by atoms with van der Waals surface area (Å²) in [6.07, 6.45) is -3.11. The molecule has 0 saturated carbocycles. The van der Waals surface area contributed by atoms with E-state index in [0.717, 1.165) is 12.1 Å². The molecule has 0 radical (unpaired) electrons. The van der Waals surface area contributed by atoms with Crippen LogP contribution in [0.25, 0.3) is 0 Å². The SMILES string of the molecule is C[C@@H](NC(=O)c1ccon1)c1ccc(C(F)(F)F)cc1. The summed E-state index contributed by atoms with van der Waals surface area (Å²) in [6, 6.07) is 5.57. The van der Waals surface area contributed by atoms with Crippen LogP contribution >= 0.6 is 0 Å². The first-order chi connectivity index (χ1) is 9.38. The van der Waals surface area contributed by atoms with Gasteiger partial charge in [0.15, 0.2) is 5.69 Å². The molecule has 20 heavy (non-hydrogen) atoms. The molecule has 0 aliphatic heterocycles. The zero-order valence-electron chi connectivity index (χ0n) is 10.4. The van der Waals surface area contributed by atoms with Crippen LogP contribution in [0.1, 0.15) is 34.6 Å². The molecule has 1 N–H and O–H groups in total. The van der Waals surface area contributed by atoms with Crippen LogP contribution in [-0.2, 0) is 6.18 Å². The van der Waals surface area contributed by atoms with E-state index in [4.69, 9.17) is 0 Å². The minimum atomic E-state index is -4.37. The summed E-state index contributed by atoms with van der Waals surface area (Å²) in [4.78, 5) is 11.7. The molecule has 0 fully saturated rings. The highest BCUT2D eigenvalue weighted by atomic mass is 19.4. The van der Waals surface area contributed by atoms with Crippen LogP contribution in [0.2, 0.25) is 0 Å². The molecule has 1 amide bonds. The average Bonchev–Trinajstić information content (AvgIpc) is 2.91. The smallest absolute Gasteiger partial charge is 0.364 e. The minimum Gasteiger partial charge on any atom is -0.364 e. The summed E-state index contributed by atoms with van der Waals surface area (Å²) in [5.41, 5.74) is -0.0464. The Morgan fingerprint density at radius 2 is 1.90 bits per heavy atom. The lowest BCUT2D eigenvalue weighted by molar-refractivity contribution is -0.137. The maximum Gasteiger partial charge on any atom is 0.416 e. The molecule has 106 valence electrons. The summed E-state index contributed by atoms with van der Waals surface area (Å²) >= 11 is 0. The predicted octanol–water partition coefficient (Wildman–Crippen LogP) is 3.18. The second-order valence-electron chi connectivity index (χ2n) is 4.20. The molecule has 1 aromatic heterocycles. The first kappa shape index (κ1) is 14.1. The number of nitrogens with one attached hydrogen (secondary N) is 1. The number of benzene rings is 1. The number of aromatic nitrogens is 1. The summed E-state index contributed by atoms with van der Waals surface area (Å²) < 4.78 is 41.8. The largest absolute Gasteiger partial charge is 0.416 e. The second kappa shape index (κ2) is 5.36. The van der Waals surface area contributed by atoms with Gasteiger partial charge >= 0.3 is 6.18 Å². The van der Waals surface area contributed by atoms with Gasteiger partial charge in [-0.2, -0.15) is 13.2 Å². The van der Waals surface area contributed by atoms with Gasteiger partial charge in [0.05, 0.1) is 11.6 Å². The Labute approximate surface area is 112 Å². The van der Waals surface area contributed by atoms with E-state index >= 15 is 0 Å². The lowest BCUT2D eigenvalue weighted by Gasteiger charge is -2.14. The number of nitrogens with zero attached hydrogens (tertiary/aromatic N) is 1. The van der Waals surface area contributed by atoms with Gasteiger partial charge in [0, 0.05) is 6.07 Å². The second-order valence-corrected chi connectivity index (χ2v) is 4.20. The van der Waals surface area contributed by atoms with Gasteiger partial charge in [-0.25, -0.2) is 0 Å². The zero-order valence-corrected chi connectivity index (χ0v) is 10.4. The topological polar surface area (TPSA) is 55.1 Å². The number of hydrogen-bond donors (Lipinski definition) is 1. The Hall–Kier alpha value is -2.31. The van der Waals surface area contributed by atoms with Gasteiger partial charge in [0.1, 0.15) is 6.26 Å². The van der Waals surface area contributed by atoms with Crippen molar-refractivity contribution >= 4 is 5.91 Å². The van der Waals surface area contributed by atoms with E-state index in [-0.39, 0.29) is 5.69 Å². The molecule has 1 aromatic carbocycles. The van der Waals surface area contributed by atoms with E-state index in [1.54, 1.807) is 6.92 Å². The molecule has 0 spiro atoms. The van der Waals surface area contributed by atoms with Crippen LogP contribution in [-0.4, -0.2) is 11.1 Å². The van der Waals surface area contributed by atoms with Gasteiger partial charge in [0.25, 0.3) is 5.91 Å². The van der Waals surface area contributed by atoms with Crippen molar-refractivity contribution in [3.63, 3.8) is 0 Å². The van der Waals surface area contributed by atoms with Crippen molar-refractivity contribution in [3.8, 4) is 0 Å². The van der Waals surface area contributed by atoms with E-state index in [2.05, 4.69) is 15.0 Å². The molecular formula is C13H11F3N2O2. The third-order valence-corrected chi connectivity index (χ3v) is 2.76. The zero-order chi connectivity index (χ0) is 14.8. The van der Waals surface area contributed by atoms with E-state index in [9.17, 15) is 18.0 Å². The number of carbonyl (C=O) groups excluding carboxylic acids is 1. The fourth-order valence-corrected chi connectivity index (χ4v) is 1.64. The van der Waals surface area contributed by atoms with Crippen LogP contribution in [0.3, 0.4) is 0 Å². The van der Waals surface area contributed by atoms with Crippen molar-refractivity contribution in [1.82, 2.24) is 10.5 Å². The standard InChI is InChI=1S/C13H11F3N2O2/c1-8(17-12(19)11-6-7-20-18-11)9-2-4-10(5-3-9)13(14,15)16/h2-8H,1H3,(H,17,19)/t8-/m1/s1. The number of carbonyl (C=O) groups is 1. The van der Waals surface area contributed by atoms with E-state index in [0.29, 0.717) is 5.56 Å². The molecule has 4 nitrogen and oxygen atoms in total. The molecule has 0 aliphatic carbocycles. The summed E-state index contributed by atoms with van der Waals surface area (Å²) in [5, 5.41) is 6.09. The quantitative estimate of drug-likeness (QED) is 0.941. The van der Waals surface area contributed by atoms with Gasteiger partial charge in [-0.15, -0.1) is 0 Å². The predicted molar refractivity (Wildman–Crippen MR) is 63.8 cm³/mol. The van der Waals surface area contributed by atoms with Gasteiger partial charge < -0.3 is 9.84 Å². The lowest BCUT2D eigenvalue weighted by atomic mass is 10.1. The minimum absolute atomic E-state index is 0.115. The fraction of sp³-hybridized carbons (Fsp3) is 0.231. The Kier molecular flexibility index (Phi) is 3.78. The Morgan fingerprint density at radius 1 is 1.25 bits per heavy atom. The number of amides is 1. The van der Waals surface area contributed by atoms with Crippen LogP contribution in [0.5, 0.6) is 0 Å². The maximum absolute atomic E-state index is 12.4. The van der Waals surface area contributed by atoms with Crippen LogP contribution in [0.15, 0.2) is 41.1 Å². The Morgan fingerprint density at radius 3 is 2.40 bits per heavy atom. The maximum atomic E-state index is 12.4. The molecular weight excluding hydrogens is 273 g/mol. The lowest BCUT2D eigenvalue weighted by Crippen LogP contribution is -2.26.